The maximum absolute atomic E-state index is 11.5. The van der Waals surface area contributed by atoms with Crippen molar-refractivity contribution in [2.24, 2.45) is 0 Å². The van der Waals surface area contributed by atoms with Crippen LogP contribution >= 0.6 is 0 Å². The highest BCUT2D eigenvalue weighted by molar-refractivity contribution is 5.76. The summed E-state index contributed by atoms with van der Waals surface area (Å²) in [7, 11) is 1.98. The summed E-state index contributed by atoms with van der Waals surface area (Å²) in [5.41, 5.74) is 0. The molecule has 0 saturated carbocycles. The number of carbonyl (C=O) groups excluding carboxylic acids is 1. The molecule has 1 aliphatic heterocycles. The summed E-state index contributed by atoms with van der Waals surface area (Å²) < 4.78 is 0. The maximum atomic E-state index is 11.5. The second-order valence-electron chi connectivity index (χ2n) is 3.83. The third kappa shape index (κ3) is 3.67. The second kappa shape index (κ2) is 5.66. The molecule has 0 aromatic heterocycles. The highest BCUT2D eigenvalue weighted by Crippen LogP contribution is 1.99. The van der Waals surface area contributed by atoms with E-state index in [-0.39, 0.29) is 12.6 Å². The fourth-order valence-corrected chi connectivity index (χ4v) is 1.39. The van der Waals surface area contributed by atoms with Crippen LogP contribution in [0.2, 0.25) is 0 Å². The van der Waals surface area contributed by atoms with Crippen molar-refractivity contribution in [1.29, 1.82) is 0 Å². The van der Waals surface area contributed by atoms with Gasteiger partial charge in [-0.05, 0) is 7.05 Å². The Balaban J connectivity index is 2.27. The number of carbonyl (C=O) groups is 2. The zero-order valence-electron chi connectivity index (χ0n) is 9.22. The molecular weight excluding hydrogens is 214 g/mol. The maximum Gasteiger partial charge on any atom is 0.334 e. The molecule has 0 spiro atoms. The van der Waals surface area contributed by atoms with Crippen molar-refractivity contribution >= 4 is 12.0 Å². The van der Waals surface area contributed by atoms with Crippen molar-refractivity contribution in [3.05, 3.63) is 0 Å². The average molecular weight is 231 g/mol. The van der Waals surface area contributed by atoms with Crippen LogP contribution in [0.3, 0.4) is 0 Å². The number of aliphatic carboxylic acids is 1. The van der Waals surface area contributed by atoms with Gasteiger partial charge in [0.15, 0.2) is 6.10 Å². The van der Waals surface area contributed by atoms with Gasteiger partial charge >= 0.3 is 12.0 Å². The molecule has 0 aromatic rings. The molecule has 7 nitrogen and oxygen atoms in total. The molecule has 0 aromatic carbocycles. The van der Waals surface area contributed by atoms with Gasteiger partial charge in [-0.2, -0.15) is 0 Å². The minimum Gasteiger partial charge on any atom is -0.479 e. The number of hydrogen-bond donors (Lipinski definition) is 3. The molecule has 16 heavy (non-hydrogen) atoms. The van der Waals surface area contributed by atoms with Crippen LogP contribution in [-0.2, 0) is 4.79 Å². The molecule has 0 bridgehead atoms. The molecule has 1 fully saturated rings. The summed E-state index contributed by atoms with van der Waals surface area (Å²) >= 11 is 0. The SMILES string of the molecule is CN1CCN(C(=O)NC[C@H](O)C(=O)O)CC1. The summed E-state index contributed by atoms with van der Waals surface area (Å²) in [4.78, 5) is 25.5. The van der Waals surface area contributed by atoms with Gasteiger partial charge < -0.3 is 25.3 Å². The molecule has 3 N–H and O–H groups in total. The number of urea groups is 1. The third-order valence-corrected chi connectivity index (χ3v) is 2.52. The molecule has 1 rings (SSSR count). The number of hydrogen-bond acceptors (Lipinski definition) is 4. The van der Waals surface area contributed by atoms with E-state index in [1.807, 2.05) is 7.05 Å². The molecule has 0 unspecified atom stereocenters. The minimum atomic E-state index is -1.54. The number of aliphatic hydroxyl groups is 1. The van der Waals surface area contributed by atoms with Gasteiger partial charge in [0.05, 0.1) is 6.54 Å². The number of carboxylic acids is 1. The van der Waals surface area contributed by atoms with E-state index >= 15 is 0 Å². The lowest BCUT2D eigenvalue weighted by molar-refractivity contribution is -0.146. The lowest BCUT2D eigenvalue weighted by Gasteiger charge is -2.32. The number of likely N-dealkylation sites (N-methyl/N-ethyl adjacent to an activating group) is 1. The topological polar surface area (TPSA) is 93.1 Å². The molecule has 7 heteroatoms. The highest BCUT2D eigenvalue weighted by Gasteiger charge is 2.20. The van der Waals surface area contributed by atoms with E-state index in [0.29, 0.717) is 13.1 Å². The van der Waals surface area contributed by atoms with Crippen molar-refractivity contribution in [1.82, 2.24) is 15.1 Å². The van der Waals surface area contributed by atoms with Crippen LogP contribution in [0.15, 0.2) is 0 Å². The van der Waals surface area contributed by atoms with Gasteiger partial charge in [0, 0.05) is 26.2 Å². The summed E-state index contributed by atoms with van der Waals surface area (Å²) in [6.45, 7) is 2.57. The quantitative estimate of drug-likeness (QED) is 0.543. The summed E-state index contributed by atoms with van der Waals surface area (Å²) in [5, 5.41) is 19.8. The van der Waals surface area contributed by atoms with Crippen molar-refractivity contribution in [2.45, 2.75) is 6.10 Å². The molecule has 2 amide bonds. The number of nitrogens with zero attached hydrogens (tertiary/aromatic N) is 2. The Hall–Kier alpha value is -1.34. The molecule has 1 heterocycles. The van der Waals surface area contributed by atoms with Crippen LogP contribution in [0, 0.1) is 0 Å². The predicted molar refractivity (Wildman–Crippen MR) is 56.1 cm³/mol. The van der Waals surface area contributed by atoms with Crippen LogP contribution in [0.4, 0.5) is 4.79 Å². The Labute approximate surface area is 93.6 Å². The van der Waals surface area contributed by atoms with Crippen LogP contribution in [0.5, 0.6) is 0 Å². The van der Waals surface area contributed by atoms with Crippen LogP contribution < -0.4 is 5.32 Å². The first-order valence-corrected chi connectivity index (χ1v) is 5.13. The number of rotatable bonds is 3. The first kappa shape index (κ1) is 12.7. The van der Waals surface area contributed by atoms with E-state index in [2.05, 4.69) is 10.2 Å². The number of nitrogens with one attached hydrogen (secondary N) is 1. The first-order valence-electron chi connectivity index (χ1n) is 5.13. The molecule has 0 radical (unpaired) electrons. The predicted octanol–water partition coefficient (Wildman–Crippen LogP) is -1.61. The van der Waals surface area contributed by atoms with Gasteiger partial charge in [0.1, 0.15) is 0 Å². The molecule has 1 aliphatic rings. The van der Waals surface area contributed by atoms with Crippen molar-refractivity contribution < 1.29 is 19.8 Å². The number of piperazine rings is 1. The number of amides is 2. The molecule has 0 aliphatic carbocycles. The van der Waals surface area contributed by atoms with Crippen molar-refractivity contribution in [3.63, 3.8) is 0 Å². The largest absolute Gasteiger partial charge is 0.479 e. The smallest absolute Gasteiger partial charge is 0.334 e. The van der Waals surface area contributed by atoms with E-state index in [1.54, 1.807) is 4.90 Å². The Morgan fingerprint density at radius 1 is 1.31 bits per heavy atom. The van der Waals surface area contributed by atoms with Crippen molar-refractivity contribution in [2.75, 3.05) is 39.8 Å². The lowest BCUT2D eigenvalue weighted by Crippen LogP contribution is -2.52. The Kier molecular flexibility index (Phi) is 4.51. The van der Waals surface area contributed by atoms with E-state index in [4.69, 9.17) is 10.2 Å². The highest BCUT2D eigenvalue weighted by atomic mass is 16.4. The molecule has 1 atom stereocenters. The number of aliphatic hydroxyl groups excluding tert-OH is 1. The fourth-order valence-electron chi connectivity index (χ4n) is 1.39. The van der Waals surface area contributed by atoms with Gasteiger partial charge in [-0.1, -0.05) is 0 Å². The van der Waals surface area contributed by atoms with Crippen molar-refractivity contribution in [3.8, 4) is 0 Å². The Morgan fingerprint density at radius 3 is 2.38 bits per heavy atom. The van der Waals surface area contributed by atoms with Gasteiger partial charge in [0.2, 0.25) is 0 Å². The van der Waals surface area contributed by atoms with E-state index < -0.39 is 12.1 Å². The van der Waals surface area contributed by atoms with E-state index in [9.17, 15) is 9.59 Å². The number of carboxylic acid groups (broad SMARTS) is 1. The van der Waals surface area contributed by atoms with E-state index in [0.717, 1.165) is 13.1 Å². The summed E-state index contributed by atoms with van der Waals surface area (Å²) in [6, 6.07) is -0.326. The van der Waals surface area contributed by atoms with Gasteiger partial charge in [-0.3, -0.25) is 0 Å². The molecule has 1 saturated heterocycles. The van der Waals surface area contributed by atoms with Gasteiger partial charge in [0.25, 0.3) is 0 Å². The first-order chi connectivity index (χ1) is 7.50. The minimum absolute atomic E-state index is 0.263. The zero-order chi connectivity index (χ0) is 12.1. The van der Waals surface area contributed by atoms with Crippen LogP contribution in [-0.4, -0.2) is 77.9 Å². The van der Waals surface area contributed by atoms with Crippen LogP contribution in [0.1, 0.15) is 0 Å². The standard InChI is InChI=1S/C9H17N3O4/c1-11-2-4-12(5-3-11)9(16)10-6-7(13)8(14)15/h7,13H,2-6H2,1H3,(H,10,16)(H,14,15)/t7-/m0/s1. The van der Waals surface area contributed by atoms with E-state index in [1.165, 1.54) is 0 Å². The zero-order valence-corrected chi connectivity index (χ0v) is 9.22. The third-order valence-electron chi connectivity index (χ3n) is 2.52. The van der Waals surface area contributed by atoms with Crippen LogP contribution in [0.25, 0.3) is 0 Å². The van der Waals surface area contributed by atoms with Gasteiger partial charge in [-0.25, -0.2) is 9.59 Å². The lowest BCUT2D eigenvalue weighted by atomic mass is 10.3. The molecule has 92 valence electrons. The second-order valence-corrected chi connectivity index (χ2v) is 3.83. The summed E-state index contributed by atoms with van der Waals surface area (Å²) in [5.74, 6) is -1.33. The summed E-state index contributed by atoms with van der Waals surface area (Å²) in [6.07, 6.45) is -1.54. The monoisotopic (exact) mass is 231 g/mol. The Morgan fingerprint density at radius 2 is 1.88 bits per heavy atom. The normalized spacial score (nSPS) is 19.2. The van der Waals surface area contributed by atoms with Gasteiger partial charge in [-0.15, -0.1) is 0 Å². The average Bonchev–Trinajstić information content (AvgIpc) is 2.26. The Bertz CT molecular complexity index is 263. The fraction of sp³-hybridized carbons (Fsp3) is 0.778. The molecular formula is C9H17N3O4.